The molecule has 0 bridgehead atoms. The van der Waals surface area contributed by atoms with Gasteiger partial charge in [0.05, 0.1) is 13.2 Å². The highest BCUT2D eigenvalue weighted by Crippen LogP contribution is 2.55. The summed E-state index contributed by atoms with van der Waals surface area (Å²) in [4.78, 5) is 0. The summed E-state index contributed by atoms with van der Waals surface area (Å²) in [6, 6.07) is 1.74. The quantitative estimate of drug-likeness (QED) is 0.781. The van der Waals surface area contributed by atoms with Crippen LogP contribution in [0, 0.1) is 23.7 Å². The van der Waals surface area contributed by atoms with Crippen molar-refractivity contribution in [2.45, 2.75) is 52.1 Å². The summed E-state index contributed by atoms with van der Waals surface area (Å²) >= 11 is 0. The van der Waals surface area contributed by atoms with E-state index in [9.17, 15) is 5.11 Å². The van der Waals surface area contributed by atoms with Crippen LogP contribution in [0.15, 0.2) is 6.07 Å². The Labute approximate surface area is 148 Å². The molecular weight excluding hydrogens is 320 g/mol. The zero-order valence-electron chi connectivity index (χ0n) is 15.3. The molecule has 25 heavy (non-hydrogen) atoms. The Hall–Kier alpha value is -1.46. The van der Waals surface area contributed by atoms with Crippen LogP contribution in [0.25, 0.3) is 0 Å². The van der Waals surface area contributed by atoms with Gasteiger partial charge in [0.25, 0.3) is 0 Å². The molecule has 2 fully saturated rings. The Morgan fingerprint density at radius 3 is 2.12 bits per heavy atom. The summed E-state index contributed by atoms with van der Waals surface area (Å²) < 4.78 is 24.6. The molecule has 0 saturated carbocycles. The van der Waals surface area contributed by atoms with E-state index in [1.54, 1.807) is 6.07 Å². The van der Waals surface area contributed by atoms with Crippen LogP contribution >= 0.6 is 0 Å². The highest BCUT2D eigenvalue weighted by atomic mass is 16.7. The Kier molecular flexibility index (Phi) is 3.05. The first-order valence-corrected chi connectivity index (χ1v) is 9.34. The maximum Gasteiger partial charge on any atom is 0.211 e. The maximum absolute atomic E-state index is 10.6. The molecule has 1 aromatic carbocycles. The van der Waals surface area contributed by atoms with Crippen molar-refractivity contribution in [3.05, 3.63) is 17.2 Å². The van der Waals surface area contributed by atoms with Crippen LogP contribution in [0.1, 0.15) is 38.8 Å². The minimum absolute atomic E-state index is 0.253. The molecule has 1 N–H and O–H groups in total. The first kappa shape index (κ1) is 15.8. The molecule has 136 valence electrons. The second-order valence-electron chi connectivity index (χ2n) is 8.61. The Morgan fingerprint density at radius 2 is 1.48 bits per heavy atom. The number of aromatic hydroxyl groups is 1. The van der Waals surface area contributed by atoms with Crippen LogP contribution in [0.2, 0.25) is 0 Å². The second kappa shape index (κ2) is 4.83. The van der Waals surface area contributed by atoms with E-state index in [0.29, 0.717) is 30.8 Å². The smallest absolute Gasteiger partial charge is 0.211 e. The van der Waals surface area contributed by atoms with Gasteiger partial charge in [-0.1, -0.05) is 13.8 Å². The van der Waals surface area contributed by atoms with Gasteiger partial charge < -0.3 is 24.1 Å². The van der Waals surface area contributed by atoms with Crippen LogP contribution < -0.4 is 9.47 Å². The summed E-state index contributed by atoms with van der Waals surface area (Å²) in [5.74, 6) is 1.84. The molecule has 6 atom stereocenters. The molecule has 0 amide bonds. The van der Waals surface area contributed by atoms with Crippen molar-refractivity contribution in [3.63, 3.8) is 0 Å². The summed E-state index contributed by atoms with van der Waals surface area (Å²) in [6.07, 6.45) is 1.62. The molecule has 0 spiro atoms. The monoisotopic (exact) mass is 346 g/mol. The Bertz CT molecular complexity index is 746. The fourth-order valence-electron chi connectivity index (χ4n) is 5.23. The number of phenols is 1. The van der Waals surface area contributed by atoms with E-state index < -0.39 is 11.6 Å². The Morgan fingerprint density at radius 1 is 0.920 bits per heavy atom. The standard InChI is InChI=1S/C20H26O5/c1-10-9-23-20(4)14(10)5-12-16(21)7-17-13(18(12)25-20)6-15-11(2)8-22-19(15,3)24-17/h7,10-11,14-15,21H,5-6,8-9H2,1-4H3/t10-,11-,14+,15+,19+,20+/m0/s1. The fraction of sp³-hybridized carbons (Fsp3) is 0.700. The Balaban J connectivity index is 1.62. The molecule has 0 unspecified atom stereocenters. The van der Waals surface area contributed by atoms with Gasteiger partial charge in [-0.15, -0.1) is 0 Å². The van der Waals surface area contributed by atoms with Gasteiger partial charge in [0.15, 0.2) is 0 Å². The summed E-state index contributed by atoms with van der Waals surface area (Å²) in [5, 5.41) is 10.6. The molecule has 4 heterocycles. The van der Waals surface area contributed by atoms with Gasteiger partial charge in [0.2, 0.25) is 11.6 Å². The van der Waals surface area contributed by atoms with Crippen molar-refractivity contribution in [1.29, 1.82) is 0 Å². The summed E-state index contributed by atoms with van der Waals surface area (Å²) in [6.45, 7) is 9.81. The van der Waals surface area contributed by atoms with Crippen LogP contribution in [-0.2, 0) is 22.3 Å². The third-order valence-electron chi connectivity index (χ3n) is 6.87. The molecule has 5 rings (SSSR count). The van der Waals surface area contributed by atoms with E-state index in [4.69, 9.17) is 18.9 Å². The number of phenolic OH excluding ortho intramolecular Hbond substituents is 1. The molecule has 0 radical (unpaired) electrons. The minimum atomic E-state index is -0.619. The fourth-order valence-corrected chi connectivity index (χ4v) is 5.23. The van der Waals surface area contributed by atoms with E-state index in [-0.39, 0.29) is 17.6 Å². The first-order valence-electron chi connectivity index (χ1n) is 9.34. The van der Waals surface area contributed by atoms with E-state index in [1.807, 2.05) is 13.8 Å². The molecule has 0 aliphatic carbocycles. The van der Waals surface area contributed by atoms with Gasteiger partial charge in [-0.2, -0.15) is 0 Å². The lowest BCUT2D eigenvalue weighted by Gasteiger charge is -2.42. The first-order chi connectivity index (χ1) is 11.8. The van der Waals surface area contributed by atoms with Crippen LogP contribution in [0.5, 0.6) is 17.2 Å². The zero-order valence-corrected chi connectivity index (χ0v) is 15.3. The predicted molar refractivity (Wildman–Crippen MR) is 90.8 cm³/mol. The lowest BCUT2D eigenvalue weighted by Crippen LogP contribution is -2.46. The van der Waals surface area contributed by atoms with Gasteiger partial charge >= 0.3 is 0 Å². The molecule has 4 aliphatic heterocycles. The maximum atomic E-state index is 10.6. The largest absolute Gasteiger partial charge is 0.507 e. The van der Waals surface area contributed by atoms with Crippen molar-refractivity contribution in [1.82, 2.24) is 0 Å². The highest BCUT2D eigenvalue weighted by molar-refractivity contribution is 5.59. The molecule has 4 aliphatic rings. The molecule has 1 aromatic rings. The number of hydrogen-bond donors (Lipinski definition) is 1. The van der Waals surface area contributed by atoms with Gasteiger partial charge in [0.1, 0.15) is 17.2 Å². The van der Waals surface area contributed by atoms with Crippen LogP contribution in [-0.4, -0.2) is 29.9 Å². The van der Waals surface area contributed by atoms with Crippen molar-refractivity contribution >= 4 is 0 Å². The predicted octanol–water partition coefficient (Wildman–Crippen LogP) is 3.26. The minimum Gasteiger partial charge on any atom is -0.507 e. The van der Waals surface area contributed by atoms with Crippen molar-refractivity contribution in [3.8, 4) is 17.2 Å². The average molecular weight is 346 g/mol. The zero-order chi connectivity index (χ0) is 17.6. The topological polar surface area (TPSA) is 57.2 Å². The van der Waals surface area contributed by atoms with Crippen molar-refractivity contribution < 1.29 is 24.1 Å². The number of fused-ring (bicyclic) bond motifs is 5. The van der Waals surface area contributed by atoms with Gasteiger partial charge in [-0.3, -0.25) is 0 Å². The lowest BCUT2D eigenvalue weighted by atomic mass is 9.78. The molecule has 0 aromatic heterocycles. The average Bonchev–Trinajstić information content (AvgIpc) is 3.01. The molecule has 5 nitrogen and oxygen atoms in total. The summed E-state index contributed by atoms with van der Waals surface area (Å²) in [5.41, 5.74) is 1.95. The normalized spacial score (nSPS) is 44.2. The SMILES string of the molecule is C[C@H]1CO[C@]2(C)Oc3cc(O)c4c(c3C[C@H]12)O[C@@]1(C)OC[C@H](C)[C@H]1C4. The van der Waals surface area contributed by atoms with E-state index in [2.05, 4.69) is 13.8 Å². The molecule has 5 heteroatoms. The number of rotatable bonds is 0. The van der Waals surface area contributed by atoms with E-state index in [1.165, 1.54) is 0 Å². The third-order valence-corrected chi connectivity index (χ3v) is 6.87. The third kappa shape index (κ3) is 2.02. The lowest BCUT2D eigenvalue weighted by molar-refractivity contribution is -0.174. The number of hydrogen-bond acceptors (Lipinski definition) is 5. The van der Waals surface area contributed by atoms with Crippen LogP contribution in [0.3, 0.4) is 0 Å². The number of benzene rings is 1. The molecular formula is C20H26O5. The van der Waals surface area contributed by atoms with Gasteiger partial charge in [0, 0.05) is 42.9 Å². The highest BCUT2D eigenvalue weighted by Gasteiger charge is 2.54. The second-order valence-corrected chi connectivity index (χ2v) is 8.61. The van der Waals surface area contributed by atoms with Gasteiger partial charge in [-0.25, -0.2) is 0 Å². The van der Waals surface area contributed by atoms with Gasteiger partial charge in [-0.05, 0) is 24.7 Å². The van der Waals surface area contributed by atoms with Crippen LogP contribution in [0.4, 0.5) is 0 Å². The molecule has 2 saturated heterocycles. The number of ether oxygens (including phenoxy) is 4. The van der Waals surface area contributed by atoms with E-state index in [0.717, 1.165) is 29.7 Å². The summed E-state index contributed by atoms with van der Waals surface area (Å²) in [7, 11) is 0. The van der Waals surface area contributed by atoms with Crippen molar-refractivity contribution in [2.75, 3.05) is 13.2 Å². The van der Waals surface area contributed by atoms with Crippen molar-refractivity contribution in [2.24, 2.45) is 23.7 Å². The van der Waals surface area contributed by atoms with E-state index >= 15 is 0 Å².